The van der Waals surface area contributed by atoms with Crippen LogP contribution < -0.4 is 11.1 Å². The van der Waals surface area contributed by atoms with Gasteiger partial charge in [-0.2, -0.15) is 0 Å². The minimum atomic E-state index is 0.475. The highest BCUT2D eigenvalue weighted by Crippen LogP contribution is 2.14. The van der Waals surface area contributed by atoms with Crippen molar-refractivity contribution in [2.24, 2.45) is 12.8 Å². The summed E-state index contributed by atoms with van der Waals surface area (Å²) in [4.78, 5) is 14.4. The fraction of sp³-hybridized carbons (Fsp3) is 0.455. The van der Waals surface area contributed by atoms with E-state index in [0.29, 0.717) is 6.04 Å². The molecule has 7 heteroatoms. The van der Waals surface area contributed by atoms with E-state index in [2.05, 4.69) is 54.0 Å². The van der Waals surface area contributed by atoms with Gasteiger partial charge in [-0.15, -0.1) is 0 Å². The first-order chi connectivity index (χ1) is 14.2. The van der Waals surface area contributed by atoms with E-state index in [1.165, 1.54) is 11.1 Å². The van der Waals surface area contributed by atoms with Crippen LogP contribution >= 0.6 is 0 Å². The lowest BCUT2D eigenvalue weighted by atomic mass is 10.0. The standard InChI is InChI=1S/C22H33N7/c1-24-20(4-3-9-23)14-18-5-7-19(8-6-18)15-29(16-21-25-10-11-26-21)17-22-27-12-13-28(22)2/h5-8,10-13,20,24H,3-4,9,14-17,23H2,1-2H3,(H,25,26). The highest BCUT2D eigenvalue weighted by molar-refractivity contribution is 5.23. The summed E-state index contributed by atoms with van der Waals surface area (Å²) in [6.45, 7) is 3.12. The quantitative estimate of drug-likeness (QED) is 0.438. The van der Waals surface area contributed by atoms with Crippen LogP contribution in [0.1, 0.15) is 35.6 Å². The second-order valence-corrected chi connectivity index (χ2v) is 7.57. The molecule has 0 spiro atoms. The molecule has 1 aromatic carbocycles. The molecule has 0 fully saturated rings. The van der Waals surface area contributed by atoms with E-state index in [-0.39, 0.29) is 0 Å². The van der Waals surface area contributed by atoms with E-state index in [4.69, 9.17) is 5.73 Å². The van der Waals surface area contributed by atoms with Gasteiger partial charge in [0.25, 0.3) is 0 Å². The summed E-state index contributed by atoms with van der Waals surface area (Å²) in [5.41, 5.74) is 8.29. The van der Waals surface area contributed by atoms with E-state index < -0.39 is 0 Å². The first-order valence-electron chi connectivity index (χ1n) is 10.3. The normalized spacial score (nSPS) is 12.6. The summed E-state index contributed by atoms with van der Waals surface area (Å²) in [7, 11) is 4.06. The van der Waals surface area contributed by atoms with E-state index in [0.717, 1.165) is 57.1 Å². The average molecular weight is 396 g/mol. The maximum absolute atomic E-state index is 5.65. The summed E-state index contributed by atoms with van der Waals surface area (Å²) in [5.74, 6) is 2.01. The highest BCUT2D eigenvalue weighted by Gasteiger charge is 2.13. The van der Waals surface area contributed by atoms with Gasteiger partial charge < -0.3 is 20.6 Å². The van der Waals surface area contributed by atoms with Gasteiger partial charge in [-0.1, -0.05) is 24.3 Å². The molecule has 7 nitrogen and oxygen atoms in total. The third-order valence-electron chi connectivity index (χ3n) is 5.29. The fourth-order valence-corrected chi connectivity index (χ4v) is 3.55. The Bertz CT molecular complexity index is 823. The molecule has 3 rings (SSSR count). The van der Waals surface area contributed by atoms with Crippen LogP contribution in [0.2, 0.25) is 0 Å². The number of rotatable bonds is 12. The Hall–Kier alpha value is -2.48. The molecule has 0 saturated carbocycles. The molecule has 4 N–H and O–H groups in total. The first-order valence-corrected chi connectivity index (χ1v) is 10.3. The van der Waals surface area contributed by atoms with Gasteiger partial charge in [0, 0.05) is 44.4 Å². The van der Waals surface area contributed by atoms with Gasteiger partial charge in [-0.05, 0) is 44.0 Å². The Morgan fingerprint density at radius 2 is 1.90 bits per heavy atom. The Balaban J connectivity index is 1.64. The van der Waals surface area contributed by atoms with Crippen molar-refractivity contribution < 1.29 is 0 Å². The minimum Gasteiger partial charge on any atom is -0.348 e. The largest absolute Gasteiger partial charge is 0.348 e. The number of likely N-dealkylation sites (N-methyl/N-ethyl adjacent to an activating group) is 1. The van der Waals surface area contributed by atoms with Gasteiger partial charge in [0.05, 0.1) is 13.1 Å². The number of nitrogens with zero attached hydrogens (tertiary/aromatic N) is 4. The Labute approximate surface area is 173 Å². The number of nitrogens with one attached hydrogen (secondary N) is 2. The maximum atomic E-state index is 5.65. The molecule has 156 valence electrons. The van der Waals surface area contributed by atoms with Gasteiger partial charge >= 0.3 is 0 Å². The molecule has 1 atom stereocenters. The van der Waals surface area contributed by atoms with Crippen molar-refractivity contribution in [2.45, 2.75) is 44.9 Å². The molecular weight excluding hydrogens is 362 g/mol. The van der Waals surface area contributed by atoms with Crippen molar-refractivity contribution in [3.8, 4) is 0 Å². The summed E-state index contributed by atoms with van der Waals surface area (Å²) >= 11 is 0. The Morgan fingerprint density at radius 1 is 1.10 bits per heavy atom. The molecular formula is C22H33N7. The number of aryl methyl sites for hydroxylation is 1. The predicted molar refractivity (Wildman–Crippen MR) is 116 cm³/mol. The van der Waals surface area contributed by atoms with Crippen LogP contribution in [-0.4, -0.2) is 44.1 Å². The smallest absolute Gasteiger partial charge is 0.122 e. The fourth-order valence-electron chi connectivity index (χ4n) is 3.55. The zero-order valence-electron chi connectivity index (χ0n) is 17.5. The number of H-pyrrole nitrogens is 1. The minimum absolute atomic E-state index is 0.475. The predicted octanol–water partition coefficient (Wildman–Crippen LogP) is 2.21. The van der Waals surface area contributed by atoms with Crippen LogP contribution in [0.25, 0.3) is 0 Å². The molecule has 0 radical (unpaired) electrons. The van der Waals surface area contributed by atoms with E-state index in [9.17, 15) is 0 Å². The van der Waals surface area contributed by atoms with Crippen LogP contribution in [0.3, 0.4) is 0 Å². The molecule has 0 aliphatic carbocycles. The maximum Gasteiger partial charge on any atom is 0.122 e. The molecule has 3 aromatic rings. The van der Waals surface area contributed by atoms with Gasteiger partial charge in [0.15, 0.2) is 0 Å². The second-order valence-electron chi connectivity index (χ2n) is 7.57. The molecule has 0 amide bonds. The highest BCUT2D eigenvalue weighted by atomic mass is 15.2. The van der Waals surface area contributed by atoms with Crippen molar-refractivity contribution >= 4 is 0 Å². The number of imidazole rings is 2. The number of aromatic nitrogens is 4. The van der Waals surface area contributed by atoms with Crippen molar-refractivity contribution in [1.29, 1.82) is 0 Å². The second kappa shape index (κ2) is 10.9. The van der Waals surface area contributed by atoms with E-state index >= 15 is 0 Å². The van der Waals surface area contributed by atoms with Crippen LogP contribution in [0.15, 0.2) is 49.1 Å². The summed E-state index contributed by atoms with van der Waals surface area (Å²) in [6.07, 6.45) is 10.7. The average Bonchev–Trinajstić information content (AvgIpc) is 3.38. The zero-order valence-corrected chi connectivity index (χ0v) is 17.5. The van der Waals surface area contributed by atoms with Gasteiger partial charge in [-0.25, -0.2) is 9.97 Å². The Kier molecular flexibility index (Phi) is 7.98. The molecule has 0 aliphatic heterocycles. The lowest BCUT2D eigenvalue weighted by molar-refractivity contribution is 0.233. The zero-order chi connectivity index (χ0) is 20.5. The molecule has 0 saturated heterocycles. The molecule has 0 aliphatic rings. The van der Waals surface area contributed by atoms with Gasteiger partial charge in [0.2, 0.25) is 0 Å². The summed E-state index contributed by atoms with van der Waals surface area (Å²) in [6, 6.07) is 9.43. The molecule has 2 heterocycles. The van der Waals surface area contributed by atoms with E-state index in [1.54, 1.807) is 6.20 Å². The Morgan fingerprint density at radius 3 is 2.52 bits per heavy atom. The topological polar surface area (TPSA) is 87.8 Å². The van der Waals surface area contributed by atoms with E-state index in [1.807, 2.05) is 32.7 Å². The van der Waals surface area contributed by atoms with Crippen LogP contribution in [0.5, 0.6) is 0 Å². The van der Waals surface area contributed by atoms with Crippen LogP contribution in [0.4, 0.5) is 0 Å². The van der Waals surface area contributed by atoms with Crippen LogP contribution in [-0.2, 0) is 33.1 Å². The van der Waals surface area contributed by atoms with Crippen molar-refractivity contribution in [3.63, 3.8) is 0 Å². The SMILES string of the molecule is CNC(CCCN)Cc1ccc(CN(Cc2ncc[nH]2)Cc2nccn2C)cc1. The number of nitrogens with two attached hydrogens (primary N) is 1. The van der Waals surface area contributed by atoms with Crippen molar-refractivity contribution in [1.82, 2.24) is 29.7 Å². The lowest BCUT2D eigenvalue weighted by Gasteiger charge is -2.21. The molecule has 0 bridgehead atoms. The number of hydrogen-bond donors (Lipinski definition) is 3. The first kappa shape index (κ1) is 21.2. The summed E-state index contributed by atoms with van der Waals surface area (Å²) < 4.78 is 2.07. The monoisotopic (exact) mass is 395 g/mol. The van der Waals surface area contributed by atoms with Crippen molar-refractivity contribution in [3.05, 3.63) is 71.8 Å². The van der Waals surface area contributed by atoms with Gasteiger partial charge in [-0.3, -0.25) is 4.90 Å². The van der Waals surface area contributed by atoms with Gasteiger partial charge in [0.1, 0.15) is 11.6 Å². The van der Waals surface area contributed by atoms with Crippen LogP contribution in [0, 0.1) is 0 Å². The molecule has 2 aromatic heterocycles. The number of aromatic amines is 1. The molecule has 1 unspecified atom stereocenters. The van der Waals surface area contributed by atoms with Crippen molar-refractivity contribution in [2.75, 3.05) is 13.6 Å². The third kappa shape index (κ3) is 6.52. The number of benzene rings is 1. The molecule has 29 heavy (non-hydrogen) atoms. The number of hydrogen-bond acceptors (Lipinski definition) is 5. The lowest BCUT2D eigenvalue weighted by Crippen LogP contribution is -2.28. The third-order valence-corrected chi connectivity index (χ3v) is 5.29. The summed E-state index contributed by atoms with van der Waals surface area (Å²) in [5, 5.41) is 3.40.